The second kappa shape index (κ2) is 10.8. The summed E-state index contributed by atoms with van der Waals surface area (Å²) < 4.78 is 3.06. The predicted octanol–water partition coefficient (Wildman–Crippen LogP) is 2.01. The van der Waals surface area contributed by atoms with Gasteiger partial charge in [0, 0.05) is 67.4 Å². The van der Waals surface area contributed by atoms with Gasteiger partial charge in [0.05, 0.1) is 18.8 Å². The summed E-state index contributed by atoms with van der Waals surface area (Å²) in [7, 11) is 1.58. The number of hydrogen-bond donors (Lipinski definition) is 1. The van der Waals surface area contributed by atoms with Gasteiger partial charge in [-0.2, -0.15) is 0 Å². The molecule has 3 amide bonds. The van der Waals surface area contributed by atoms with Crippen molar-refractivity contribution in [3.63, 3.8) is 0 Å². The summed E-state index contributed by atoms with van der Waals surface area (Å²) in [5, 5.41) is 12.2. The molecule has 0 spiro atoms. The molecule has 2 atom stereocenters. The van der Waals surface area contributed by atoms with Gasteiger partial charge in [0.15, 0.2) is 0 Å². The summed E-state index contributed by atoms with van der Waals surface area (Å²) in [6.07, 6.45) is 3.45. The van der Waals surface area contributed by atoms with E-state index in [9.17, 15) is 19.2 Å². The molecular weight excluding hydrogens is 545 g/mol. The molecular formula is C26H27Cl2N7O4. The van der Waals surface area contributed by atoms with Crippen molar-refractivity contribution in [2.75, 3.05) is 33.2 Å². The number of carbonyl (C=O) groups is 3. The Bertz CT molecular complexity index is 1490. The van der Waals surface area contributed by atoms with Crippen molar-refractivity contribution in [1.82, 2.24) is 34.7 Å². The number of aromatic nitrogens is 4. The zero-order valence-corrected chi connectivity index (χ0v) is 22.9. The molecule has 0 radical (unpaired) electrons. The molecule has 5 rings (SSSR count). The smallest absolute Gasteiger partial charge is 0.263 e. The number of pyridine rings is 1. The maximum absolute atomic E-state index is 13.4. The zero-order chi connectivity index (χ0) is 27.8. The third kappa shape index (κ3) is 5.41. The minimum atomic E-state index is -0.439. The second-order valence-corrected chi connectivity index (χ2v) is 10.7. The molecule has 3 aromatic rings. The summed E-state index contributed by atoms with van der Waals surface area (Å²) >= 11 is 12.6. The van der Waals surface area contributed by atoms with Crippen molar-refractivity contribution in [3.05, 3.63) is 79.4 Å². The molecule has 4 heterocycles. The van der Waals surface area contributed by atoms with E-state index in [-0.39, 0.29) is 55.4 Å². The molecule has 1 aromatic carbocycles. The maximum Gasteiger partial charge on any atom is 0.263 e. The fourth-order valence-corrected chi connectivity index (χ4v) is 5.49. The number of benzene rings is 1. The normalized spacial score (nSPS) is 20.1. The van der Waals surface area contributed by atoms with Gasteiger partial charge in [-0.1, -0.05) is 28.4 Å². The van der Waals surface area contributed by atoms with E-state index in [0.29, 0.717) is 40.0 Å². The number of hydrogen-bond acceptors (Lipinski definition) is 6. The lowest BCUT2D eigenvalue weighted by atomic mass is 9.99. The van der Waals surface area contributed by atoms with Crippen LogP contribution in [0.15, 0.2) is 41.5 Å². The van der Waals surface area contributed by atoms with Crippen LogP contribution in [0.3, 0.4) is 0 Å². The van der Waals surface area contributed by atoms with E-state index in [4.69, 9.17) is 23.2 Å². The van der Waals surface area contributed by atoms with E-state index >= 15 is 0 Å². The van der Waals surface area contributed by atoms with Crippen molar-refractivity contribution in [1.29, 1.82) is 0 Å². The number of nitrogens with zero attached hydrogens (tertiary/aromatic N) is 6. The third-order valence-corrected chi connectivity index (χ3v) is 8.05. The van der Waals surface area contributed by atoms with Crippen LogP contribution < -0.4 is 10.9 Å². The molecule has 1 saturated heterocycles. The van der Waals surface area contributed by atoms with Crippen molar-refractivity contribution in [3.8, 4) is 0 Å². The third-order valence-electron chi connectivity index (χ3n) is 7.27. The number of nitrogens with one attached hydrogen (secondary N) is 1. The van der Waals surface area contributed by atoms with Crippen molar-refractivity contribution in [2.24, 2.45) is 5.92 Å². The van der Waals surface area contributed by atoms with Gasteiger partial charge in [0.2, 0.25) is 5.91 Å². The lowest BCUT2D eigenvalue weighted by Crippen LogP contribution is -2.39. The Morgan fingerprint density at radius 2 is 1.87 bits per heavy atom. The Hall–Kier alpha value is -3.70. The number of fused-ring (bicyclic) bond motifs is 6. The fourth-order valence-electron chi connectivity index (χ4n) is 5.00. The van der Waals surface area contributed by atoms with E-state index in [1.165, 1.54) is 15.5 Å². The Labute approximate surface area is 234 Å². The van der Waals surface area contributed by atoms with E-state index in [2.05, 4.69) is 15.6 Å². The first kappa shape index (κ1) is 26.9. The van der Waals surface area contributed by atoms with Gasteiger partial charge in [-0.3, -0.25) is 19.2 Å². The van der Waals surface area contributed by atoms with Gasteiger partial charge in [-0.05, 0) is 36.8 Å². The van der Waals surface area contributed by atoms with Crippen LogP contribution in [-0.4, -0.2) is 80.3 Å². The van der Waals surface area contributed by atoms with Gasteiger partial charge >= 0.3 is 0 Å². The summed E-state index contributed by atoms with van der Waals surface area (Å²) in [6, 6.07) is 5.99. The van der Waals surface area contributed by atoms with Crippen LogP contribution in [-0.2, 0) is 11.3 Å². The topological polar surface area (TPSA) is 122 Å². The molecule has 2 aromatic heterocycles. The van der Waals surface area contributed by atoms with Crippen LogP contribution in [0.4, 0.5) is 0 Å². The Kier molecular flexibility index (Phi) is 7.46. The highest BCUT2D eigenvalue weighted by Gasteiger charge is 2.39. The van der Waals surface area contributed by atoms with Gasteiger partial charge in [-0.25, -0.2) is 4.68 Å². The van der Waals surface area contributed by atoms with Crippen LogP contribution in [0.25, 0.3) is 0 Å². The first-order chi connectivity index (χ1) is 18.6. The number of likely N-dealkylation sites (N-methyl/N-ethyl adjacent to an activating group) is 1. The highest BCUT2D eigenvalue weighted by atomic mass is 35.5. The zero-order valence-electron chi connectivity index (χ0n) is 21.4. The molecule has 13 heteroatoms. The number of amides is 3. The second-order valence-electron chi connectivity index (χ2n) is 9.93. The lowest BCUT2D eigenvalue weighted by Gasteiger charge is -2.20. The number of likely N-dealkylation sites (tertiary alicyclic amines) is 1. The van der Waals surface area contributed by atoms with Gasteiger partial charge in [0.25, 0.3) is 17.4 Å². The Balaban J connectivity index is 1.46. The molecule has 2 aliphatic heterocycles. The Morgan fingerprint density at radius 1 is 1.13 bits per heavy atom. The first-order valence-electron chi connectivity index (χ1n) is 12.5. The Morgan fingerprint density at radius 3 is 2.62 bits per heavy atom. The van der Waals surface area contributed by atoms with E-state index in [1.54, 1.807) is 54.1 Å². The summed E-state index contributed by atoms with van der Waals surface area (Å²) in [4.78, 5) is 55.3. The average Bonchev–Trinajstić information content (AvgIpc) is 3.53. The number of halogens is 2. The van der Waals surface area contributed by atoms with Gasteiger partial charge in [-0.15, -0.1) is 5.10 Å². The fraction of sp³-hybridized carbons (Fsp3) is 0.385. The summed E-state index contributed by atoms with van der Waals surface area (Å²) in [5.74, 6) is -1.14. The van der Waals surface area contributed by atoms with Crippen molar-refractivity contribution < 1.29 is 14.4 Å². The van der Waals surface area contributed by atoms with Crippen LogP contribution in [0, 0.1) is 12.8 Å². The van der Waals surface area contributed by atoms with E-state index in [0.717, 1.165) is 0 Å². The molecule has 0 aliphatic carbocycles. The molecule has 11 nitrogen and oxygen atoms in total. The van der Waals surface area contributed by atoms with Crippen LogP contribution in [0.5, 0.6) is 0 Å². The monoisotopic (exact) mass is 571 g/mol. The van der Waals surface area contributed by atoms with Crippen molar-refractivity contribution >= 4 is 40.9 Å². The SMILES string of the molecule is Cc1c(Cl)cc(C(=O)N2C[C@@H]3CC(=O)NCCN(C)C(=O)c4cccn(c4=O)Cc4cn(nn4)[C@@H]3C2)cc1Cl. The van der Waals surface area contributed by atoms with Crippen LogP contribution in [0.2, 0.25) is 10.0 Å². The highest BCUT2D eigenvalue weighted by Crippen LogP contribution is 2.33. The van der Waals surface area contributed by atoms with Crippen LogP contribution >= 0.6 is 23.2 Å². The van der Waals surface area contributed by atoms with E-state index < -0.39 is 11.5 Å². The molecule has 0 unspecified atom stereocenters. The van der Waals surface area contributed by atoms with Crippen LogP contribution in [0.1, 0.15) is 44.4 Å². The minimum absolute atomic E-state index is 0.0344. The van der Waals surface area contributed by atoms with E-state index in [1.807, 2.05) is 0 Å². The minimum Gasteiger partial charge on any atom is -0.354 e. The number of rotatable bonds is 1. The summed E-state index contributed by atoms with van der Waals surface area (Å²) in [5.41, 5.74) is 1.16. The maximum atomic E-state index is 13.4. The highest BCUT2D eigenvalue weighted by molar-refractivity contribution is 6.36. The molecule has 2 aliphatic rings. The molecule has 1 N–H and O–H groups in total. The lowest BCUT2D eigenvalue weighted by molar-refractivity contribution is -0.122. The molecule has 1 fully saturated rings. The van der Waals surface area contributed by atoms with Gasteiger partial charge in [0.1, 0.15) is 11.3 Å². The largest absolute Gasteiger partial charge is 0.354 e. The molecule has 4 bridgehead atoms. The quantitative estimate of drug-likeness (QED) is 0.476. The standard InChI is InChI=1S/C26H27Cl2N7O4/c1-15-20(27)8-16(9-21(15)28)24(37)34-11-17-10-23(36)29-5-7-32(2)25(38)19-4-3-6-33(26(19)39)12-18-13-35(31-30-18)22(17)14-34/h3-4,6,8-9,13,17,22H,5,7,10-12,14H2,1-2H3,(H,29,36)/t17-,22+/m0/s1. The molecule has 39 heavy (non-hydrogen) atoms. The van der Waals surface area contributed by atoms with Gasteiger partial charge < -0.3 is 19.7 Å². The molecule has 0 saturated carbocycles. The predicted molar refractivity (Wildman–Crippen MR) is 144 cm³/mol. The average molecular weight is 572 g/mol. The number of carbonyl (C=O) groups excluding carboxylic acids is 3. The first-order valence-corrected chi connectivity index (χ1v) is 13.2. The molecule has 204 valence electrons. The summed E-state index contributed by atoms with van der Waals surface area (Å²) in [6.45, 7) is 2.96. The van der Waals surface area contributed by atoms with Crippen molar-refractivity contribution in [2.45, 2.75) is 25.9 Å².